The lowest BCUT2D eigenvalue weighted by Gasteiger charge is -2.35. The van der Waals surface area contributed by atoms with Gasteiger partial charge in [0.05, 0.1) is 7.11 Å². The van der Waals surface area contributed by atoms with Crippen molar-refractivity contribution < 1.29 is 9.53 Å². The van der Waals surface area contributed by atoms with Crippen molar-refractivity contribution in [3.8, 4) is 5.75 Å². The summed E-state index contributed by atoms with van der Waals surface area (Å²) in [6.07, 6.45) is 0.659. The highest BCUT2D eigenvalue weighted by Gasteiger charge is 2.21. The van der Waals surface area contributed by atoms with E-state index in [1.807, 2.05) is 23.1 Å². The number of hydrogen-bond donors (Lipinski definition) is 0. The van der Waals surface area contributed by atoms with E-state index in [0.717, 1.165) is 38.5 Å². The lowest BCUT2D eigenvalue weighted by atomic mass is 10.1. The van der Waals surface area contributed by atoms with E-state index in [9.17, 15) is 4.79 Å². The molecule has 1 amide bonds. The molecule has 1 aliphatic rings. The average Bonchev–Trinajstić information content (AvgIpc) is 2.48. The van der Waals surface area contributed by atoms with Gasteiger partial charge in [0, 0.05) is 44.7 Å². The van der Waals surface area contributed by atoms with Crippen LogP contribution in [0.1, 0.15) is 25.8 Å². The molecule has 0 unspecified atom stereocenters. The summed E-state index contributed by atoms with van der Waals surface area (Å²) in [4.78, 5) is 16.4. The van der Waals surface area contributed by atoms with Gasteiger partial charge < -0.3 is 9.64 Å². The van der Waals surface area contributed by atoms with E-state index < -0.39 is 0 Å². The molecular weight excluding hydrogens is 264 g/mol. The fourth-order valence-electron chi connectivity index (χ4n) is 2.71. The van der Waals surface area contributed by atoms with Crippen LogP contribution < -0.4 is 4.74 Å². The maximum atomic E-state index is 12.1. The topological polar surface area (TPSA) is 32.8 Å². The van der Waals surface area contributed by atoms with Crippen molar-refractivity contribution in [1.29, 1.82) is 0 Å². The number of rotatable bonds is 5. The van der Waals surface area contributed by atoms with Gasteiger partial charge in [-0.3, -0.25) is 9.69 Å². The Morgan fingerprint density at radius 2 is 1.86 bits per heavy atom. The van der Waals surface area contributed by atoms with Crippen LogP contribution in [-0.2, 0) is 11.3 Å². The Morgan fingerprint density at radius 3 is 2.48 bits per heavy atom. The molecule has 1 saturated heterocycles. The van der Waals surface area contributed by atoms with Crippen LogP contribution in [0.15, 0.2) is 24.3 Å². The van der Waals surface area contributed by atoms with Gasteiger partial charge >= 0.3 is 0 Å². The van der Waals surface area contributed by atoms with E-state index in [1.165, 1.54) is 5.56 Å². The fourth-order valence-corrected chi connectivity index (χ4v) is 2.71. The van der Waals surface area contributed by atoms with Gasteiger partial charge in [0.15, 0.2) is 0 Å². The molecule has 1 aromatic rings. The highest BCUT2D eigenvalue weighted by atomic mass is 16.5. The van der Waals surface area contributed by atoms with E-state index in [4.69, 9.17) is 4.74 Å². The molecular formula is C17H26N2O2. The Balaban J connectivity index is 1.85. The lowest BCUT2D eigenvalue weighted by Crippen LogP contribution is -2.48. The molecule has 0 aliphatic carbocycles. The smallest absolute Gasteiger partial charge is 0.222 e. The van der Waals surface area contributed by atoms with Crippen LogP contribution in [0.3, 0.4) is 0 Å². The summed E-state index contributed by atoms with van der Waals surface area (Å²) in [6.45, 7) is 8.60. The van der Waals surface area contributed by atoms with Crippen molar-refractivity contribution >= 4 is 5.91 Å². The van der Waals surface area contributed by atoms with Crippen molar-refractivity contribution in [2.75, 3.05) is 33.3 Å². The van der Waals surface area contributed by atoms with E-state index >= 15 is 0 Å². The highest BCUT2D eigenvalue weighted by molar-refractivity contribution is 5.76. The molecule has 0 N–H and O–H groups in total. The molecule has 1 aliphatic heterocycles. The SMILES string of the molecule is COc1ccccc1CN1CCN(C(=O)CC(C)C)CC1. The van der Waals surface area contributed by atoms with Crippen molar-refractivity contribution in [1.82, 2.24) is 9.80 Å². The number of methoxy groups -OCH3 is 1. The number of carbonyl (C=O) groups is 1. The number of hydrogen-bond acceptors (Lipinski definition) is 3. The summed E-state index contributed by atoms with van der Waals surface area (Å²) in [5, 5.41) is 0. The zero-order valence-electron chi connectivity index (χ0n) is 13.3. The van der Waals surface area contributed by atoms with Gasteiger partial charge in [-0.15, -0.1) is 0 Å². The average molecular weight is 290 g/mol. The third kappa shape index (κ3) is 4.46. The summed E-state index contributed by atoms with van der Waals surface area (Å²) >= 11 is 0. The van der Waals surface area contributed by atoms with Gasteiger partial charge in [-0.25, -0.2) is 0 Å². The van der Waals surface area contributed by atoms with E-state index in [0.29, 0.717) is 18.2 Å². The second kappa shape index (κ2) is 7.46. The largest absolute Gasteiger partial charge is 0.496 e. The number of amides is 1. The quantitative estimate of drug-likeness (QED) is 0.835. The Kier molecular flexibility index (Phi) is 5.62. The van der Waals surface area contributed by atoms with Crippen molar-refractivity contribution in [3.63, 3.8) is 0 Å². The van der Waals surface area contributed by atoms with E-state index in [2.05, 4.69) is 24.8 Å². The molecule has 0 spiro atoms. The minimum absolute atomic E-state index is 0.293. The molecule has 0 saturated carbocycles. The molecule has 1 heterocycles. The monoisotopic (exact) mass is 290 g/mol. The summed E-state index contributed by atoms with van der Waals surface area (Å²) in [6, 6.07) is 8.14. The van der Waals surface area contributed by atoms with Gasteiger partial charge in [0.1, 0.15) is 5.75 Å². The van der Waals surface area contributed by atoms with Gasteiger partial charge in [-0.2, -0.15) is 0 Å². The van der Waals surface area contributed by atoms with Crippen molar-refractivity contribution in [2.45, 2.75) is 26.8 Å². The first kappa shape index (κ1) is 15.8. The Bertz CT molecular complexity index is 466. The van der Waals surface area contributed by atoms with Crippen LogP contribution in [0.2, 0.25) is 0 Å². The van der Waals surface area contributed by atoms with E-state index in [-0.39, 0.29) is 0 Å². The maximum Gasteiger partial charge on any atom is 0.222 e. The standard InChI is InChI=1S/C17H26N2O2/c1-14(2)12-17(20)19-10-8-18(9-11-19)13-15-6-4-5-7-16(15)21-3/h4-7,14H,8-13H2,1-3H3. The molecule has 2 rings (SSSR count). The number of para-hydroxylation sites is 1. The van der Waals surface area contributed by atoms with Crippen LogP contribution >= 0.6 is 0 Å². The lowest BCUT2D eigenvalue weighted by molar-refractivity contribution is -0.133. The first-order chi connectivity index (χ1) is 10.1. The predicted octanol–water partition coefficient (Wildman–Crippen LogP) is 2.39. The zero-order valence-corrected chi connectivity index (χ0v) is 13.3. The summed E-state index contributed by atoms with van der Waals surface area (Å²) in [5.41, 5.74) is 1.21. The third-order valence-corrected chi connectivity index (χ3v) is 3.89. The molecule has 0 bridgehead atoms. The number of ether oxygens (including phenoxy) is 1. The van der Waals surface area contributed by atoms with E-state index in [1.54, 1.807) is 7.11 Å². The Labute approximate surface area is 127 Å². The molecule has 0 aromatic heterocycles. The summed E-state index contributed by atoms with van der Waals surface area (Å²) in [5.74, 6) is 1.67. The minimum atomic E-state index is 0.293. The molecule has 0 atom stereocenters. The first-order valence-electron chi connectivity index (χ1n) is 7.72. The number of carbonyl (C=O) groups excluding carboxylic acids is 1. The second-order valence-corrected chi connectivity index (χ2v) is 6.07. The normalized spacial score (nSPS) is 16.3. The molecule has 4 heteroatoms. The van der Waals surface area contributed by atoms with Crippen LogP contribution in [-0.4, -0.2) is 49.0 Å². The Morgan fingerprint density at radius 1 is 1.19 bits per heavy atom. The Hall–Kier alpha value is -1.55. The molecule has 1 fully saturated rings. The van der Waals surface area contributed by atoms with Gasteiger partial charge in [0.2, 0.25) is 5.91 Å². The fraction of sp³-hybridized carbons (Fsp3) is 0.588. The summed E-state index contributed by atoms with van der Waals surface area (Å²) in [7, 11) is 1.71. The second-order valence-electron chi connectivity index (χ2n) is 6.07. The summed E-state index contributed by atoms with van der Waals surface area (Å²) < 4.78 is 5.40. The number of benzene rings is 1. The third-order valence-electron chi connectivity index (χ3n) is 3.89. The minimum Gasteiger partial charge on any atom is -0.496 e. The maximum absolute atomic E-state index is 12.1. The van der Waals surface area contributed by atoms with Crippen molar-refractivity contribution in [2.24, 2.45) is 5.92 Å². The van der Waals surface area contributed by atoms with Crippen LogP contribution in [0, 0.1) is 5.92 Å². The van der Waals surface area contributed by atoms with Gasteiger partial charge in [0.25, 0.3) is 0 Å². The molecule has 0 radical (unpaired) electrons. The molecule has 116 valence electrons. The molecule has 21 heavy (non-hydrogen) atoms. The van der Waals surface area contributed by atoms with Gasteiger partial charge in [-0.05, 0) is 12.0 Å². The molecule has 4 nitrogen and oxygen atoms in total. The highest BCUT2D eigenvalue weighted by Crippen LogP contribution is 2.20. The number of nitrogens with zero attached hydrogens (tertiary/aromatic N) is 2. The van der Waals surface area contributed by atoms with Crippen LogP contribution in [0.25, 0.3) is 0 Å². The number of piperazine rings is 1. The first-order valence-corrected chi connectivity index (χ1v) is 7.72. The van der Waals surface area contributed by atoms with Crippen LogP contribution in [0.4, 0.5) is 0 Å². The zero-order chi connectivity index (χ0) is 15.2. The predicted molar refractivity (Wildman–Crippen MR) is 84.3 cm³/mol. The van der Waals surface area contributed by atoms with Crippen molar-refractivity contribution in [3.05, 3.63) is 29.8 Å². The van der Waals surface area contributed by atoms with Crippen LogP contribution in [0.5, 0.6) is 5.75 Å². The molecule has 1 aromatic carbocycles. The van der Waals surface area contributed by atoms with Gasteiger partial charge in [-0.1, -0.05) is 32.0 Å².